The van der Waals surface area contributed by atoms with Gasteiger partial charge in [-0.25, -0.2) is 0 Å². The van der Waals surface area contributed by atoms with E-state index in [2.05, 4.69) is 44.4 Å². The number of rotatable bonds is 1. The summed E-state index contributed by atoms with van der Waals surface area (Å²) in [4.78, 5) is 0. The van der Waals surface area contributed by atoms with E-state index < -0.39 is 14.0 Å². The Morgan fingerprint density at radius 3 is 1.50 bits per heavy atom. The molecule has 0 aromatic rings. The van der Waals surface area contributed by atoms with Crippen LogP contribution in [0.25, 0.3) is 0 Å². The van der Waals surface area contributed by atoms with Crippen LogP contribution in [0.4, 0.5) is 0 Å². The third kappa shape index (κ3) is 5.83. The van der Waals surface area contributed by atoms with Crippen molar-refractivity contribution in [1.29, 1.82) is 0 Å². The first-order valence-corrected chi connectivity index (χ1v) is 13.1. The molecule has 0 amide bonds. The fraction of sp³-hybridized carbons (Fsp3) is 0.600. The van der Waals surface area contributed by atoms with Gasteiger partial charge in [-0.05, 0) is 0 Å². The van der Waals surface area contributed by atoms with Gasteiger partial charge in [-0.1, -0.05) is 0 Å². The fourth-order valence-electron chi connectivity index (χ4n) is 1.37. The SMILES string of the molecule is [CH3][Ti+3]([CH3])([CH3])([CH3])([CH3])[C]1=CC=CC1.[Cl-].[Cl-].[Cl-]. The predicted molar refractivity (Wildman–Crippen MR) is 51.2 cm³/mol. The largest absolute Gasteiger partial charge is 1.00 e. The molecule has 1 rings (SSSR count). The summed E-state index contributed by atoms with van der Waals surface area (Å²) < 4.78 is 1.70. The Balaban J connectivity index is -0.000000403. The van der Waals surface area contributed by atoms with Crippen molar-refractivity contribution in [3.8, 4) is 0 Å². The molecule has 0 fully saturated rings. The third-order valence-electron chi connectivity index (χ3n) is 2.38. The first-order chi connectivity index (χ1) is 4.59. The van der Waals surface area contributed by atoms with E-state index in [-0.39, 0.29) is 37.2 Å². The zero-order valence-electron chi connectivity index (χ0n) is 9.57. The van der Waals surface area contributed by atoms with Gasteiger partial charge in [0, 0.05) is 0 Å². The summed E-state index contributed by atoms with van der Waals surface area (Å²) in [6.45, 7) is 0. The van der Waals surface area contributed by atoms with Crippen molar-refractivity contribution in [2.24, 2.45) is 0 Å². The van der Waals surface area contributed by atoms with Gasteiger partial charge in [0.25, 0.3) is 0 Å². The second-order valence-corrected chi connectivity index (χ2v) is 28.1. The zero-order valence-corrected chi connectivity index (χ0v) is 13.4. The molecule has 4 heteroatoms. The normalized spacial score (nSPS) is 16.5. The van der Waals surface area contributed by atoms with E-state index in [4.69, 9.17) is 0 Å². The number of hydrogen-bond donors (Lipinski definition) is 0. The summed E-state index contributed by atoms with van der Waals surface area (Å²) in [5.41, 5.74) is 0. The summed E-state index contributed by atoms with van der Waals surface area (Å²) in [5.74, 6) is 0. The molecule has 0 aromatic carbocycles. The Hall–Kier alpha value is 1.06. The summed E-state index contributed by atoms with van der Waals surface area (Å²) in [6, 6.07) is 0. The summed E-state index contributed by atoms with van der Waals surface area (Å²) in [5, 5.41) is 12.4. The number of hydrogen-bond acceptors (Lipinski definition) is 0. The van der Waals surface area contributed by atoms with E-state index in [1.807, 2.05) is 0 Å². The molecule has 14 heavy (non-hydrogen) atoms. The smallest absolute Gasteiger partial charge is 1.00 e. The molecule has 1 aliphatic carbocycles. The quantitative estimate of drug-likeness (QED) is 0.427. The van der Waals surface area contributed by atoms with Gasteiger partial charge in [0.05, 0.1) is 0 Å². The first kappa shape index (κ1) is 20.5. The van der Waals surface area contributed by atoms with E-state index in [1.165, 1.54) is 6.42 Å². The minimum atomic E-state index is -2.61. The molecule has 0 saturated heterocycles. The molecule has 0 aromatic heterocycles. The van der Waals surface area contributed by atoms with Crippen molar-refractivity contribution >= 4 is 0 Å². The van der Waals surface area contributed by atoms with Gasteiger partial charge in [0.2, 0.25) is 0 Å². The molecule has 0 N–H and O–H groups in total. The topological polar surface area (TPSA) is 0 Å². The van der Waals surface area contributed by atoms with Gasteiger partial charge in [0.1, 0.15) is 0 Å². The van der Waals surface area contributed by atoms with Gasteiger partial charge in [-0.2, -0.15) is 0 Å². The van der Waals surface area contributed by atoms with Crippen LogP contribution >= 0.6 is 0 Å². The molecule has 0 spiro atoms. The molecule has 0 saturated carbocycles. The Kier molecular flexibility index (Phi) is 6.60. The van der Waals surface area contributed by atoms with Crippen molar-refractivity contribution in [3.63, 3.8) is 0 Å². The van der Waals surface area contributed by atoms with E-state index in [9.17, 15) is 0 Å². The molecule has 0 nitrogen and oxygen atoms in total. The molecule has 0 bridgehead atoms. The van der Waals surface area contributed by atoms with E-state index in [0.29, 0.717) is 0 Å². The standard InChI is InChI=1S/C5H5.5CH3.3ClH.Ti/c1-2-4-5-3-1;;;;;;;;;/h1-3H,4H2;5*1H3;3*1H;/q;;;;;;;;;+3/p-3. The molecule has 0 unspecified atom stereocenters. The second-order valence-electron chi connectivity index (χ2n) is 7.57. The minimum absolute atomic E-state index is 0. The monoisotopic (exact) mass is 293 g/mol. The molecule has 0 aliphatic heterocycles. The number of halogens is 3. The Labute approximate surface area is 105 Å². The minimum Gasteiger partial charge on any atom is -1.00 e. The van der Waals surface area contributed by atoms with Crippen LogP contribution in [0.1, 0.15) is 6.42 Å². The summed E-state index contributed by atoms with van der Waals surface area (Å²) in [7, 11) is 0. The van der Waals surface area contributed by atoms with Crippen LogP contribution in [0.2, 0.25) is 26.1 Å². The maximum absolute atomic E-state index is 2.61. The molecular formula is C10H20Cl3Ti. The zero-order chi connectivity index (χ0) is 8.81. The third-order valence-corrected chi connectivity index (χ3v) is 7.97. The van der Waals surface area contributed by atoms with E-state index in [1.54, 1.807) is 3.88 Å². The van der Waals surface area contributed by atoms with E-state index >= 15 is 0 Å². The Morgan fingerprint density at radius 1 is 0.929 bits per heavy atom. The molecule has 0 heterocycles. The Bertz CT molecular complexity index is 242. The average molecular weight is 294 g/mol. The second kappa shape index (κ2) is 4.51. The van der Waals surface area contributed by atoms with Crippen LogP contribution in [0, 0.1) is 0 Å². The van der Waals surface area contributed by atoms with Crippen molar-refractivity contribution < 1.29 is 51.2 Å². The average Bonchev–Trinajstić information content (AvgIpc) is 2.01. The first-order valence-electron chi connectivity index (χ1n) is 4.47. The van der Waals surface area contributed by atoms with Gasteiger partial charge < -0.3 is 37.2 Å². The van der Waals surface area contributed by atoms with Crippen molar-refractivity contribution in [2.45, 2.75) is 32.6 Å². The molecule has 0 atom stereocenters. The summed E-state index contributed by atoms with van der Waals surface area (Å²) >= 11 is -2.61. The van der Waals surface area contributed by atoms with Gasteiger partial charge >= 0.3 is 68.7 Å². The van der Waals surface area contributed by atoms with Crippen molar-refractivity contribution in [1.82, 2.24) is 0 Å². The van der Waals surface area contributed by atoms with Crippen LogP contribution in [-0.2, 0) is 14.0 Å². The van der Waals surface area contributed by atoms with Gasteiger partial charge in [0.15, 0.2) is 0 Å². The fourth-order valence-corrected chi connectivity index (χ4v) is 4.60. The molecule has 85 valence electrons. The Morgan fingerprint density at radius 2 is 1.36 bits per heavy atom. The molecule has 1 aliphatic rings. The van der Waals surface area contributed by atoms with Crippen LogP contribution in [-0.4, -0.2) is 0 Å². The van der Waals surface area contributed by atoms with Crippen LogP contribution < -0.4 is 37.2 Å². The molecular weight excluding hydrogens is 274 g/mol. The van der Waals surface area contributed by atoms with Crippen LogP contribution in [0.15, 0.2) is 22.1 Å². The van der Waals surface area contributed by atoms with E-state index in [0.717, 1.165) is 0 Å². The number of allylic oxidation sites excluding steroid dienone is 4. The molecule has 0 radical (unpaired) electrons. The van der Waals surface area contributed by atoms with Crippen molar-refractivity contribution in [3.05, 3.63) is 22.1 Å². The maximum atomic E-state index is 2.48. The van der Waals surface area contributed by atoms with Gasteiger partial charge in [-0.15, -0.1) is 0 Å². The maximum Gasteiger partial charge on any atom is -1.00 e. The van der Waals surface area contributed by atoms with Crippen LogP contribution in [0.3, 0.4) is 0 Å². The van der Waals surface area contributed by atoms with Crippen LogP contribution in [0.5, 0.6) is 0 Å². The summed E-state index contributed by atoms with van der Waals surface area (Å²) in [6.07, 6.45) is 7.98. The van der Waals surface area contributed by atoms with Gasteiger partial charge in [-0.3, -0.25) is 0 Å². The predicted octanol–water partition coefficient (Wildman–Crippen LogP) is -4.69. The van der Waals surface area contributed by atoms with Crippen molar-refractivity contribution in [2.75, 3.05) is 0 Å².